The van der Waals surface area contributed by atoms with Crippen molar-refractivity contribution in [3.8, 4) is 0 Å². The predicted octanol–water partition coefficient (Wildman–Crippen LogP) is 4.74. The maximum atomic E-state index is 3.66. The highest BCUT2D eigenvalue weighted by Crippen LogP contribution is 2.34. The van der Waals surface area contributed by atoms with E-state index < -0.39 is 0 Å². The van der Waals surface area contributed by atoms with E-state index in [1.165, 1.54) is 110 Å². The minimum Gasteiger partial charge on any atom is -0.314 e. The van der Waals surface area contributed by atoms with Crippen molar-refractivity contribution < 1.29 is 0 Å². The van der Waals surface area contributed by atoms with Crippen LogP contribution < -0.4 is 5.32 Å². The van der Waals surface area contributed by atoms with Crippen molar-refractivity contribution in [3.05, 3.63) is 0 Å². The second-order valence-corrected chi connectivity index (χ2v) is 7.42. The van der Waals surface area contributed by atoms with Gasteiger partial charge in [0, 0.05) is 25.2 Å². The van der Waals surface area contributed by atoms with Crippen LogP contribution in [-0.4, -0.2) is 36.6 Å². The van der Waals surface area contributed by atoms with Crippen molar-refractivity contribution in [2.24, 2.45) is 0 Å². The van der Waals surface area contributed by atoms with Gasteiger partial charge in [0.05, 0.1) is 0 Å². The summed E-state index contributed by atoms with van der Waals surface area (Å²) < 4.78 is 0. The van der Waals surface area contributed by atoms with Gasteiger partial charge in [-0.3, -0.25) is 4.90 Å². The van der Waals surface area contributed by atoms with Gasteiger partial charge in [0.25, 0.3) is 0 Å². The fourth-order valence-electron chi connectivity index (χ4n) is 4.37. The van der Waals surface area contributed by atoms with Gasteiger partial charge in [-0.1, -0.05) is 71.1 Å². The smallest absolute Gasteiger partial charge is 0.0334 e. The summed E-state index contributed by atoms with van der Waals surface area (Å²) in [6, 6.07) is 0. The summed E-state index contributed by atoms with van der Waals surface area (Å²) in [5, 5.41) is 3.66. The van der Waals surface area contributed by atoms with Crippen molar-refractivity contribution in [1.82, 2.24) is 10.2 Å². The highest BCUT2D eigenvalue weighted by Gasteiger charge is 2.38. The number of unbranched alkanes of at least 4 members (excludes halogenated alkanes) is 7. The van der Waals surface area contributed by atoms with Gasteiger partial charge >= 0.3 is 0 Å². The van der Waals surface area contributed by atoms with Crippen LogP contribution in [0.25, 0.3) is 0 Å². The third kappa shape index (κ3) is 5.56. The Bertz CT molecular complexity index is 250. The summed E-state index contributed by atoms with van der Waals surface area (Å²) >= 11 is 0. The number of hydrogen-bond acceptors (Lipinski definition) is 2. The summed E-state index contributed by atoms with van der Waals surface area (Å²) in [6.45, 7) is 7.41. The van der Waals surface area contributed by atoms with Gasteiger partial charge in [0.1, 0.15) is 0 Å². The molecular weight excluding hydrogens is 256 g/mol. The number of nitrogens with one attached hydrogen (secondary N) is 1. The average molecular weight is 295 g/mol. The third-order valence-electron chi connectivity index (χ3n) is 5.75. The lowest BCUT2D eigenvalue weighted by atomic mass is 9.79. The summed E-state index contributed by atoms with van der Waals surface area (Å²) in [5.74, 6) is 0. The van der Waals surface area contributed by atoms with E-state index in [0.717, 1.165) is 0 Å². The van der Waals surface area contributed by atoms with Gasteiger partial charge in [-0.05, 0) is 25.8 Å². The Hall–Kier alpha value is -0.0800. The van der Waals surface area contributed by atoms with Crippen LogP contribution >= 0.6 is 0 Å². The largest absolute Gasteiger partial charge is 0.314 e. The molecular formula is C19H38N2. The molecule has 0 bridgehead atoms. The van der Waals surface area contributed by atoms with Crippen molar-refractivity contribution in [2.75, 3.05) is 26.2 Å². The van der Waals surface area contributed by atoms with Crippen LogP contribution in [0.5, 0.6) is 0 Å². The molecule has 1 heterocycles. The van der Waals surface area contributed by atoms with Crippen LogP contribution in [-0.2, 0) is 0 Å². The molecule has 0 aromatic rings. The Morgan fingerprint density at radius 2 is 1.52 bits per heavy atom. The summed E-state index contributed by atoms with van der Waals surface area (Å²) in [7, 11) is 0. The molecule has 2 heteroatoms. The van der Waals surface area contributed by atoms with Crippen molar-refractivity contribution in [1.29, 1.82) is 0 Å². The first-order valence-electron chi connectivity index (χ1n) is 9.83. The van der Waals surface area contributed by atoms with E-state index in [4.69, 9.17) is 0 Å². The Labute approximate surface area is 133 Å². The molecule has 0 amide bonds. The maximum Gasteiger partial charge on any atom is 0.0334 e. The fraction of sp³-hybridized carbons (Fsp3) is 1.00. The molecule has 1 aliphatic heterocycles. The van der Waals surface area contributed by atoms with E-state index in [2.05, 4.69) is 17.1 Å². The zero-order chi connectivity index (χ0) is 14.8. The van der Waals surface area contributed by atoms with Gasteiger partial charge in [0.15, 0.2) is 0 Å². The van der Waals surface area contributed by atoms with E-state index in [1.54, 1.807) is 0 Å². The second kappa shape index (κ2) is 9.84. The minimum atomic E-state index is 0.539. The molecule has 0 aromatic heterocycles. The molecule has 1 aliphatic carbocycles. The molecule has 0 radical (unpaired) electrons. The van der Waals surface area contributed by atoms with E-state index in [9.17, 15) is 0 Å². The zero-order valence-electron chi connectivity index (χ0n) is 14.5. The number of hydrogen-bond donors (Lipinski definition) is 1. The van der Waals surface area contributed by atoms with Crippen molar-refractivity contribution in [3.63, 3.8) is 0 Å². The molecule has 1 spiro atoms. The lowest BCUT2D eigenvalue weighted by Crippen LogP contribution is -2.62. The Morgan fingerprint density at radius 3 is 2.24 bits per heavy atom. The molecule has 1 saturated carbocycles. The van der Waals surface area contributed by atoms with Crippen LogP contribution in [0.3, 0.4) is 0 Å². The van der Waals surface area contributed by atoms with Gasteiger partial charge in [0.2, 0.25) is 0 Å². The first-order valence-corrected chi connectivity index (χ1v) is 9.83. The molecule has 1 N–H and O–H groups in total. The quantitative estimate of drug-likeness (QED) is 0.618. The van der Waals surface area contributed by atoms with Crippen LogP contribution in [0.1, 0.15) is 90.4 Å². The van der Waals surface area contributed by atoms with Crippen LogP contribution in [0.2, 0.25) is 0 Å². The van der Waals surface area contributed by atoms with E-state index in [0.29, 0.717) is 5.54 Å². The summed E-state index contributed by atoms with van der Waals surface area (Å²) in [5.41, 5.74) is 0.539. The molecule has 0 atom stereocenters. The number of nitrogens with zero attached hydrogens (tertiary/aromatic N) is 1. The van der Waals surface area contributed by atoms with E-state index in [-0.39, 0.29) is 0 Å². The van der Waals surface area contributed by atoms with Crippen LogP contribution in [0, 0.1) is 0 Å². The minimum absolute atomic E-state index is 0.539. The molecule has 2 fully saturated rings. The number of rotatable bonds is 9. The highest BCUT2D eigenvalue weighted by atomic mass is 15.3. The zero-order valence-corrected chi connectivity index (χ0v) is 14.5. The molecule has 0 unspecified atom stereocenters. The van der Waals surface area contributed by atoms with Crippen molar-refractivity contribution in [2.45, 2.75) is 95.9 Å². The van der Waals surface area contributed by atoms with Gasteiger partial charge < -0.3 is 5.32 Å². The molecule has 2 rings (SSSR count). The monoisotopic (exact) mass is 294 g/mol. The lowest BCUT2D eigenvalue weighted by Gasteiger charge is -2.50. The summed E-state index contributed by atoms with van der Waals surface area (Å²) in [4.78, 5) is 2.86. The molecule has 2 nitrogen and oxygen atoms in total. The van der Waals surface area contributed by atoms with E-state index in [1.807, 2.05) is 0 Å². The Balaban J connectivity index is 1.59. The standard InChI is InChI=1S/C19H38N2/c1-2-3-4-5-6-7-8-12-16-21-17-15-20-18-19(21)13-10-9-11-14-19/h20H,2-18H2,1H3. The average Bonchev–Trinajstić information content (AvgIpc) is 2.52. The molecule has 1 saturated heterocycles. The normalized spacial score (nSPS) is 22.7. The van der Waals surface area contributed by atoms with Gasteiger partial charge in [-0.2, -0.15) is 0 Å². The first-order chi connectivity index (χ1) is 10.4. The molecule has 124 valence electrons. The first kappa shape index (κ1) is 17.3. The van der Waals surface area contributed by atoms with Crippen LogP contribution in [0.4, 0.5) is 0 Å². The Kier molecular flexibility index (Phi) is 8.10. The topological polar surface area (TPSA) is 15.3 Å². The molecule has 2 aliphatic rings. The maximum absolute atomic E-state index is 3.66. The molecule has 21 heavy (non-hydrogen) atoms. The number of piperazine rings is 1. The predicted molar refractivity (Wildman–Crippen MR) is 92.9 cm³/mol. The fourth-order valence-corrected chi connectivity index (χ4v) is 4.37. The molecule has 0 aromatic carbocycles. The SMILES string of the molecule is CCCCCCCCCCN1CCNCC12CCCCC2. The van der Waals surface area contributed by atoms with Gasteiger partial charge in [-0.25, -0.2) is 0 Å². The third-order valence-corrected chi connectivity index (χ3v) is 5.75. The van der Waals surface area contributed by atoms with Gasteiger partial charge in [-0.15, -0.1) is 0 Å². The van der Waals surface area contributed by atoms with E-state index >= 15 is 0 Å². The summed E-state index contributed by atoms with van der Waals surface area (Å²) in [6.07, 6.45) is 18.8. The van der Waals surface area contributed by atoms with Crippen LogP contribution in [0.15, 0.2) is 0 Å². The van der Waals surface area contributed by atoms with Crippen molar-refractivity contribution >= 4 is 0 Å². The highest BCUT2D eigenvalue weighted by molar-refractivity contribution is 4.97. The Morgan fingerprint density at radius 1 is 0.857 bits per heavy atom. The lowest BCUT2D eigenvalue weighted by molar-refractivity contribution is 0.0263. The second-order valence-electron chi connectivity index (χ2n) is 7.42.